The van der Waals surface area contributed by atoms with Crippen LogP contribution >= 0.6 is 0 Å². The quantitative estimate of drug-likeness (QED) is 0.300. The van der Waals surface area contributed by atoms with Crippen molar-refractivity contribution in [3.8, 4) is 11.5 Å². The number of carbonyl (C=O) groups is 2. The van der Waals surface area contributed by atoms with Crippen LogP contribution in [-0.2, 0) is 38.6 Å². The first kappa shape index (κ1) is 35.6. The summed E-state index contributed by atoms with van der Waals surface area (Å²) in [6.07, 6.45) is -5.25. The molecule has 5 atom stereocenters. The lowest BCUT2D eigenvalue weighted by Gasteiger charge is -2.43. The highest BCUT2D eigenvalue weighted by Gasteiger charge is 2.48. The van der Waals surface area contributed by atoms with Crippen LogP contribution in [0.2, 0.25) is 0 Å². The number of halogens is 3. The van der Waals surface area contributed by atoms with Crippen molar-refractivity contribution in [1.82, 2.24) is 9.80 Å². The van der Waals surface area contributed by atoms with E-state index in [2.05, 4.69) is 17.1 Å². The van der Waals surface area contributed by atoms with Gasteiger partial charge in [-0.3, -0.25) is 14.5 Å². The fourth-order valence-corrected chi connectivity index (χ4v) is 7.11. The smallest absolute Gasteiger partial charge is 0.471 e. The first-order chi connectivity index (χ1) is 24.0. The maximum absolute atomic E-state index is 13.2. The molecule has 13 heteroatoms. The highest BCUT2D eigenvalue weighted by molar-refractivity contribution is 5.98. The van der Waals surface area contributed by atoms with Crippen LogP contribution in [-0.4, -0.2) is 78.9 Å². The van der Waals surface area contributed by atoms with Gasteiger partial charge in [-0.15, -0.1) is 0 Å². The van der Waals surface area contributed by atoms with Gasteiger partial charge in [0.05, 0.1) is 33.0 Å². The summed E-state index contributed by atoms with van der Waals surface area (Å²) in [5, 5.41) is 12.3. The second-order valence-corrected chi connectivity index (χ2v) is 13.1. The van der Waals surface area contributed by atoms with E-state index in [0.29, 0.717) is 47.2 Å². The van der Waals surface area contributed by atoms with Crippen molar-refractivity contribution in [2.75, 3.05) is 39.2 Å². The molecule has 0 aliphatic carbocycles. The molecular formula is C37H42F3N3O7. The Morgan fingerprint density at radius 2 is 1.68 bits per heavy atom. The summed E-state index contributed by atoms with van der Waals surface area (Å²) in [5.41, 5.74) is 5.04. The molecule has 0 aromatic heterocycles. The van der Waals surface area contributed by atoms with Gasteiger partial charge in [0.15, 0.2) is 17.8 Å². The molecule has 3 aliphatic heterocycles. The third kappa shape index (κ3) is 7.60. The zero-order chi connectivity index (χ0) is 35.6. The zero-order valence-corrected chi connectivity index (χ0v) is 28.2. The predicted molar refractivity (Wildman–Crippen MR) is 177 cm³/mol. The number of aliphatic hydroxyl groups is 1. The van der Waals surface area contributed by atoms with Crippen molar-refractivity contribution in [3.05, 3.63) is 88.5 Å². The lowest BCUT2D eigenvalue weighted by Crippen LogP contribution is -2.48. The third-order valence-electron chi connectivity index (χ3n) is 9.84. The van der Waals surface area contributed by atoms with Crippen molar-refractivity contribution >= 4 is 17.5 Å². The second kappa shape index (κ2) is 15.0. The number of benzene rings is 3. The van der Waals surface area contributed by atoms with Crippen LogP contribution in [0.25, 0.3) is 0 Å². The standard InChI is InChI=1S/C37H42F3N3O7/c1-22-32(20-42-15-13-25-17-30(47-2)31(48-3)18-27(25)19-42)49-35(50-33(22)24-11-9-23(21-44)10-12-24)26-6-4-7-28(16-26)41-34(45)29-8-5-14-43(29)36(46)37(38,39)40/h4,6-7,9-12,16-18,22,29,32-33,35,44H,5,8,13-15,19-21H2,1-3H3,(H,41,45)/t22-,29-,32+,33+,35+/m0/s1. The largest absolute Gasteiger partial charge is 0.493 e. The number of alkyl halides is 3. The molecular weight excluding hydrogens is 655 g/mol. The van der Waals surface area contributed by atoms with Gasteiger partial charge >= 0.3 is 12.1 Å². The summed E-state index contributed by atoms with van der Waals surface area (Å²) < 4.78 is 63.8. The highest BCUT2D eigenvalue weighted by Crippen LogP contribution is 2.43. The minimum absolute atomic E-state index is 0.0690. The van der Waals surface area contributed by atoms with Crippen molar-refractivity contribution in [1.29, 1.82) is 0 Å². The molecule has 0 unspecified atom stereocenters. The normalized spacial score (nSPS) is 24.1. The van der Waals surface area contributed by atoms with Gasteiger partial charge in [0.25, 0.3) is 0 Å². The lowest BCUT2D eigenvalue weighted by molar-refractivity contribution is -0.276. The number of carbonyl (C=O) groups excluding carboxylic acids is 2. The van der Waals surface area contributed by atoms with Gasteiger partial charge in [0, 0.05) is 43.3 Å². The minimum Gasteiger partial charge on any atom is -0.493 e. The maximum Gasteiger partial charge on any atom is 0.471 e. The maximum atomic E-state index is 13.2. The van der Waals surface area contributed by atoms with Crippen LogP contribution in [0.3, 0.4) is 0 Å². The predicted octanol–water partition coefficient (Wildman–Crippen LogP) is 5.54. The first-order valence-electron chi connectivity index (χ1n) is 16.7. The number of nitrogens with zero attached hydrogens (tertiary/aromatic N) is 2. The van der Waals surface area contributed by atoms with E-state index in [4.69, 9.17) is 18.9 Å². The molecule has 6 rings (SSSR count). The molecule has 268 valence electrons. The number of fused-ring (bicyclic) bond motifs is 1. The third-order valence-corrected chi connectivity index (χ3v) is 9.84. The Morgan fingerprint density at radius 3 is 2.36 bits per heavy atom. The molecule has 3 aliphatic rings. The first-order valence-corrected chi connectivity index (χ1v) is 16.7. The molecule has 3 aromatic carbocycles. The van der Waals surface area contributed by atoms with Gasteiger partial charge in [-0.05, 0) is 65.8 Å². The summed E-state index contributed by atoms with van der Waals surface area (Å²) in [6.45, 7) is 3.99. The number of hydrogen-bond donors (Lipinski definition) is 2. The van der Waals surface area contributed by atoms with Gasteiger partial charge in [-0.2, -0.15) is 13.2 Å². The molecule has 2 N–H and O–H groups in total. The van der Waals surface area contributed by atoms with E-state index in [1.165, 1.54) is 5.56 Å². The average Bonchev–Trinajstić information content (AvgIpc) is 3.61. The van der Waals surface area contributed by atoms with Crippen molar-refractivity contribution in [2.45, 2.75) is 70.1 Å². The number of ether oxygens (including phenoxy) is 4. The second-order valence-electron chi connectivity index (χ2n) is 13.1. The van der Waals surface area contributed by atoms with Crippen molar-refractivity contribution < 1.29 is 46.8 Å². The van der Waals surface area contributed by atoms with Gasteiger partial charge < -0.3 is 34.3 Å². The molecule has 0 saturated carbocycles. The summed E-state index contributed by atoms with van der Waals surface area (Å²) in [6, 6.07) is 17.3. The number of aliphatic hydroxyl groups excluding tert-OH is 1. The fourth-order valence-electron chi connectivity index (χ4n) is 7.11. The highest BCUT2D eigenvalue weighted by atomic mass is 19.4. The molecule has 0 radical (unpaired) electrons. The van der Waals surface area contributed by atoms with Crippen LogP contribution < -0.4 is 14.8 Å². The van der Waals surface area contributed by atoms with E-state index >= 15 is 0 Å². The molecule has 2 fully saturated rings. The Hall–Kier alpha value is -4.17. The van der Waals surface area contributed by atoms with Gasteiger partial charge in [0.2, 0.25) is 5.91 Å². The number of nitrogens with one attached hydrogen (secondary N) is 1. The van der Waals surface area contributed by atoms with Crippen molar-refractivity contribution in [2.24, 2.45) is 5.92 Å². The Bertz CT molecular complexity index is 1690. The lowest BCUT2D eigenvalue weighted by atomic mass is 9.89. The van der Waals surface area contributed by atoms with Gasteiger partial charge in [-0.25, -0.2) is 0 Å². The monoisotopic (exact) mass is 697 g/mol. The van der Waals surface area contributed by atoms with Crippen LogP contribution in [0, 0.1) is 5.92 Å². The van der Waals surface area contributed by atoms with Crippen LogP contribution in [0.5, 0.6) is 11.5 Å². The molecule has 2 amide bonds. The summed E-state index contributed by atoms with van der Waals surface area (Å²) in [7, 11) is 3.25. The number of anilines is 1. The van der Waals surface area contributed by atoms with E-state index in [9.17, 15) is 27.9 Å². The average molecular weight is 698 g/mol. The topological polar surface area (TPSA) is 110 Å². The summed E-state index contributed by atoms with van der Waals surface area (Å²) in [4.78, 5) is 28.0. The molecule has 10 nitrogen and oxygen atoms in total. The fraction of sp³-hybridized carbons (Fsp3) is 0.459. The van der Waals surface area contributed by atoms with Gasteiger partial charge in [-0.1, -0.05) is 43.3 Å². The Morgan fingerprint density at radius 1 is 0.960 bits per heavy atom. The van der Waals surface area contributed by atoms with E-state index in [1.54, 1.807) is 32.4 Å². The molecule has 0 bridgehead atoms. The van der Waals surface area contributed by atoms with Crippen LogP contribution in [0.15, 0.2) is 60.7 Å². The zero-order valence-electron chi connectivity index (χ0n) is 28.2. The minimum atomic E-state index is -5.06. The number of methoxy groups -OCH3 is 2. The number of rotatable bonds is 9. The number of amides is 2. The molecule has 50 heavy (non-hydrogen) atoms. The van der Waals surface area contributed by atoms with Crippen LogP contribution in [0.1, 0.15) is 60.0 Å². The van der Waals surface area contributed by atoms with Crippen LogP contribution in [0.4, 0.5) is 18.9 Å². The Kier molecular flexibility index (Phi) is 10.7. The SMILES string of the molecule is COc1cc2c(cc1OC)CN(C[C@H]1O[C@@H](c3cccc(NC(=O)[C@@H]4CCCN4C(=O)C(F)(F)F)c3)O[C@@H](c3ccc(CO)cc3)[C@H]1C)CC2. The summed E-state index contributed by atoms with van der Waals surface area (Å²) in [5.74, 6) is -1.39. The Balaban J connectivity index is 1.22. The Labute approximate surface area is 289 Å². The molecule has 3 heterocycles. The van der Waals surface area contributed by atoms with E-state index in [-0.39, 0.29) is 37.7 Å². The van der Waals surface area contributed by atoms with E-state index in [1.807, 2.05) is 42.5 Å². The van der Waals surface area contributed by atoms with E-state index in [0.717, 1.165) is 29.7 Å². The van der Waals surface area contributed by atoms with E-state index < -0.39 is 30.3 Å². The number of hydrogen-bond acceptors (Lipinski definition) is 8. The van der Waals surface area contributed by atoms with Crippen molar-refractivity contribution in [3.63, 3.8) is 0 Å². The van der Waals surface area contributed by atoms with Gasteiger partial charge in [0.1, 0.15) is 6.04 Å². The molecule has 3 aromatic rings. The summed E-state index contributed by atoms with van der Waals surface area (Å²) >= 11 is 0. The molecule has 2 saturated heterocycles. The molecule has 0 spiro atoms. The number of likely N-dealkylation sites (tertiary alicyclic amines) is 1.